The van der Waals surface area contributed by atoms with E-state index in [1.54, 1.807) is 0 Å². The molecule has 0 spiro atoms. The standard InChI is InChI=1S/C29H38F3N2O5/c1-33(23-13-7-4-8-14-23)17-10-18-34(2)19-16-24(21-34)38-26(35)28(25-15-9-20-37-25,22-11-5-3-6-12-22)39-27(36)29(30,31)32/h4,7-9,13-15,20,22,24H,3,5-6,10-12,16-19,21H2,1-2H3/q+1. The van der Waals surface area contributed by atoms with Gasteiger partial charge in [0.2, 0.25) is 0 Å². The molecule has 1 aromatic heterocycles. The zero-order valence-corrected chi connectivity index (χ0v) is 22.6. The summed E-state index contributed by atoms with van der Waals surface area (Å²) < 4.78 is 57.3. The first-order chi connectivity index (χ1) is 18.5. The fourth-order valence-electron chi connectivity index (χ4n) is 6.02. The molecule has 1 aliphatic heterocycles. The number of furan rings is 1. The van der Waals surface area contributed by atoms with Crippen molar-refractivity contribution in [3.05, 3.63) is 54.5 Å². The Morgan fingerprint density at radius 3 is 2.38 bits per heavy atom. The first-order valence-corrected chi connectivity index (χ1v) is 13.7. The number of benzene rings is 1. The Morgan fingerprint density at radius 2 is 1.74 bits per heavy atom. The van der Waals surface area contributed by atoms with Crippen LogP contribution in [0.15, 0.2) is 53.1 Å². The highest BCUT2D eigenvalue weighted by Crippen LogP contribution is 2.45. The Hall–Kier alpha value is -3.01. The Balaban J connectivity index is 1.46. The van der Waals surface area contributed by atoms with Crippen LogP contribution in [0.5, 0.6) is 0 Å². The molecule has 1 saturated heterocycles. The van der Waals surface area contributed by atoms with Gasteiger partial charge in [0, 0.05) is 38.0 Å². The molecule has 2 heterocycles. The summed E-state index contributed by atoms with van der Waals surface area (Å²) in [6, 6.07) is 13.0. The van der Waals surface area contributed by atoms with E-state index in [4.69, 9.17) is 13.9 Å². The van der Waals surface area contributed by atoms with E-state index in [2.05, 4.69) is 24.1 Å². The van der Waals surface area contributed by atoms with Crippen molar-refractivity contribution in [2.24, 2.45) is 5.92 Å². The number of para-hydroxylation sites is 1. The summed E-state index contributed by atoms with van der Waals surface area (Å²) in [6.07, 6.45) is 0.150. The van der Waals surface area contributed by atoms with Gasteiger partial charge in [-0.05, 0) is 37.1 Å². The van der Waals surface area contributed by atoms with Crippen LogP contribution in [0.25, 0.3) is 0 Å². The van der Waals surface area contributed by atoms with Gasteiger partial charge in [-0.2, -0.15) is 13.2 Å². The first-order valence-electron chi connectivity index (χ1n) is 13.7. The van der Waals surface area contributed by atoms with Crippen molar-refractivity contribution in [3.63, 3.8) is 0 Å². The number of carbonyl (C=O) groups excluding carboxylic acids is 2. The third-order valence-electron chi connectivity index (χ3n) is 8.15. The van der Waals surface area contributed by atoms with Crippen LogP contribution in [0.1, 0.15) is 50.7 Å². The molecule has 2 aliphatic rings. The number of esters is 2. The van der Waals surface area contributed by atoms with E-state index in [9.17, 15) is 22.8 Å². The van der Waals surface area contributed by atoms with Gasteiger partial charge in [-0.3, -0.25) is 0 Å². The molecule has 10 heteroatoms. The second kappa shape index (κ2) is 12.0. The topological polar surface area (TPSA) is 69.0 Å². The van der Waals surface area contributed by atoms with E-state index in [-0.39, 0.29) is 5.76 Å². The average Bonchev–Trinajstić information content (AvgIpc) is 3.58. The minimum atomic E-state index is -5.26. The van der Waals surface area contributed by atoms with Crippen molar-refractivity contribution in [1.82, 2.24) is 0 Å². The van der Waals surface area contributed by atoms with E-state index >= 15 is 0 Å². The summed E-state index contributed by atoms with van der Waals surface area (Å²) in [5.41, 5.74) is -1.14. The molecule has 0 radical (unpaired) electrons. The van der Waals surface area contributed by atoms with Crippen LogP contribution < -0.4 is 4.90 Å². The van der Waals surface area contributed by atoms with Crippen LogP contribution in [0.2, 0.25) is 0 Å². The highest BCUT2D eigenvalue weighted by atomic mass is 19.4. The number of ether oxygens (including phenoxy) is 2. The van der Waals surface area contributed by atoms with E-state index in [0.29, 0.717) is 43.1 Å². The molecule has 1 aromatic carbocycles. The smallest absolute Gasteiger partial charge is 0.464 e. The summed E-state index contributed by atoms with van der Waals surface area (Å²) >= 11 is 0. The van der Waals surface area contributed by atoms with Crippen molar-refractivity contribution < 1.29 is 41.1 Å². The van der Waals surface area contributed by atoms with Gasteiger partial charge in [0.05, 0.1) is 26.4 Å². The van der Waals surface area contributed by atoms with Gasteiger partial charge < -0.3 is 23.3 Å². The van der Waals surface area contributed by atoms with E-state index in [1.165, 1.54) is 18.4 Å². The SMILES string of the molecule is CN(CCC[N+]1(C)CCC(OC(=O)C(OC(=O)C(F)(F)F)(c2ccco2)C2CCCCC2)C1)c1ccccc1. The van der Waals surface area contributed by atoms with Gasteiger partial charge >= 0.3 is 18.1 Å². The number of anilines is 1. The number of likely N-dealkylation sites (N-methyl/N-ethyl adjacent to an activating group) is 1. The Bertz CT molecular complexity index is 1090. The number of halogens is 3. The van der Waals surface area contributed by atoms with Crippen LogP contribution in [0.3, 0.4) is 0 Å². The lowest BCUT2D eigenvalue weighted by atomic mass is 9.75. The molecule has 1 saturated carbocycles. The number of nitrogens with zero attached hydrogens (tertiary/aromatic N) is 2. The van der Waals surface area contributed by atoms with Crippen LogP contribution in [0, 0.1) is 5.92 Å². The molecule has 214 valence electrons. The summed E-state index contributed by atoms with van der Waals surface area (Å²) in [4.78, 5) is 28.1. The van der Waals surface area contributed by atoms with Gasteiger partial charge in [0.15, 0.2) is 11.9 Å². The minimum absolute atomic E-state index is 0.129. The average molecular weight is 552 g/mol. The van der Waals surface area contributed by atoms with Gasteiger partial charge in [-0.25, -0.2) is 9.59 Å². The summed E-state index contributed by atoms with van der Waals surface area (Å²) in [5, 5.41) is 0. The fourth-order valence-corrected chi connectivity index (χ4v) is 6.02. The molecule has 2 aromatic rings. The fraction of sp³-hybridized carbons (Fsp3) is 0.586. The van der Waals surface area contributed by atoms with Crippen LogP contribution >= 0.6 is 0 Å². The molecule has 3 atom stereocenters. The number of alkyl halides is 3. The Morgan fingerprint density at radius 1 is 1.03 bits per heavy atom. The molecular formula is C29H38F3N2O5+. The maximum absolute atomic E-state index is 13.8. The number of hydrogen-bond donors (Lipinski definition) is 0. The number of hydrogen-bond acceptors (Lipinski definition) is 6. The van der Waals surface area contributed by atoms with Gasteiger partial charge in [0.25, 0.3) is 5.60 Å². The summed E-state index contributed by atoms with van der Waals surface area (Å²) in [7, 11) is 4.15. The minimum Gasteiger partial charge on any atom is -0.464 e. The van der Waals surface area contributed by atoms with Gasteiger partial charge in [0.1, 0.15) is 6.54 Å². The summed E-state index contributed by atoms with van der Waals surface area (Å²) in [6.45, 7) is 3.03. The van der Waals surface area contributed by atoms with Crippen molar-refractivity contribution in [2.75, 3.05) is 45.2 Å². The van der Waals surface area contributed by atoms with Gasteiger partial charge in [-0.1, -0.05) is 37.5 Å². The molecule has 3 unspecified atom stereocenters. The maximum Gasteiger partial charge on any atom is 0.490 e. The maximum atomic E-state index is 13.8. The monoisotopic (exact) mass is 551 g/mol. The third-order valence-corrected chi connectivity index (χ3v) is 8.15. The van der Waals surface area contributed by atoms with Crippen molar-refractivity contribution >= 4 is 17.6 Å². The van der Waals surface area contributed by atoms with Crippen molar-refractivity contribution in [3.8, 4) is 0 Å². The van der Waals surface area contributed by atoms with Crippen LogP contribution in [0.4, 0.5) is 18.9 Å². The molecule has 0 bridgehead atoms. The molecule has 1 aliphatic carbocycles. The number of likely N-dealkylation sites (tertiary alicyclic amines) is 1. The normalized spacial score (nSPS) is 23.7. The third kappa shape index (κ3) is 6.77. The second-order valence-corrected chi connectivity index (χ2v) is 11.1. The molecule has 4 rings (SSSR count). The van der Waals surface area contributed by atoms with E-state index < -0.39 is 35.7 Å². The predicted octanol–water partition coefficient (Wildman–Crippen LogP) is 5.45. The predicted molar refractivity (Wildman–Crippen MR) is 139 cm³/mol. The first kappa shape index (κ1) is 29.0. The lowest BCUT2D eigenvalue weighted by molar-refractivity contribution is -0.898. The molecule has 0 N–H and O–H groups in total. The zero-order valence-electron chi connectivity index (χ0n) is 22.6. The van der Waals surface area contributed by atoms with Crippen LogP contribution in [-0.2, 0) is 24.7 Å². The number of quaternary nitrogens is 1. The van der Waals surface area contributed by atoms with Crippen LogP contribution in [-0.4, -0.2) is 69.0 Å². The van der Waals surface area contributed by atoms with Crippen molar-refractivity contribution in [2.45, 2.75) is 62.8 Å². The highest BCUT2D eigenvalue weighted by molar-refractivity contribution is 5.86. The quantitative estimate of drug-likeness (QED) is 0.289. The zero-order chi connectivity index (χ0) is 28.1. The van der Waals surface area contributed by atoms with Gasteiger partial charge in [-0.15, -0.1) is 0 Å². The Labute approximate surface area is 227 Å². The number of carbonyl (C=O) groups is 2. The lowest BCUT2D eigenvalue weighted by Crippen LogP contribution is -2.52. The Kier molecular flexibility index (Phi) is 8.93. The summed E-state index contributed by atoms with van der Waals surface area (Å²) in [5.74, 6) is -4.21. The lowest BCUT2D eigenvalue weighted by Gasteiger charge is -2.38. The highest BCUT2D eigenvalue weighted by Gasteiger charge is 2.59. The second-order valence-electron chi connectivity index (χ2n) is 11.1. The van der Waals surface area contributed by atoms with E-state index in [0.717, 1.165) is 38.2 Å². The molecule has 7 nitrogen and oxygen atoms in total. The molecular weight excluding hydrogens is 513 g/mol. The van der Waals surface area contributed by atoms with Crippen molar-refractivity contribution in [1.29, 1.82) is 0 Å². The molecule has 2 fully saturated rings. The largest absolute Gasteiger partial charge is 0.490 e. The number of rotatable bonds is 10. The molecule has 0 amide bonds. The molecule has 39 heavy (non-hydrogen) atoms. The van der Waals surface area contributed by atoms with E-state index in [1.807, 2.05) is 25.2 Å².